The lowest BCUT2D eigenvalue weighted by molar-refractivity contribution is -0.176. The molecule has 40 heavy (non-hydrogen) atoms. The molecule has 1 aliphatic rings. The minimum Gasteiger partial charge on any atom is -0.467 e. The van der Waals surface area contributed by atoms with Gasteiger partial charge in [0.1, 0.15) is 6.61 Å². The molecule has 0 spiro atoms. The zero-order chi connectivity index (χ0) is 28.7. The number of rotatable bonds is 13. The number of unbranched alkanes of at least 4 members (excludes halogenated alkanes) is 2. The third-order valence-electron chi connectivity index (χ3n) is 6.72. The van der Waals surface area contributed by atoms with Gasteiger partial charge in [0, 0.05) is 18.9 Å². The smallest absolute Gasteiger partial charge is 0.429 e. The first-order valence-electron chi connectivity index (χ1n) is 13.8. The van der Waals surface area contributed by atoms with E-state index in [1.165, 1.54) is 12.1 Å². The highest BCUT2D eigenvalue weighted by Crippen LogP contribution is 2.26. The number of carbonyl (C=O) groups is 4. The van der Waals surface area contributed by atoms with Gasteiger partial charge >= 0.3 is 12.1 Å². The zero-order valence-corrected chi connectivity index (χ0v) is 23.3. The van der Waals surface area contributed by atoms with Crippen molar-refractivity contribution in [2.24, 2.45) is 5.92 Å². The maximum Gasteiger partial charge on any atom is 0.429 e. The number of nitrogens with zero attached hydrogens (tertiary/aromatic N) is 2. The van der Waals surface area contributed by atoms with Crippen LogP contribution in [-0.2, 0) is 41.9 Å². The Morgan fingerprint density at radius 1 is 0.950 bits per heavy atom. The van der Waals surface area contributed by atoms with E-state index in [4.69, 9.17) is 14.3 Å². The van der Waals surface area contributed by atoms with Crippen LogP contribution in [-0.4, -0.2) is 53.6 Å². The van der Waals surface area contributed by atoms with E-state index in [1.807, 2.05) is 67.6 Å². The third kappa shape index (κ3) is 9.08. The molecular weight excluding hydrogens is 514 g/mol. The molecule has 0 aromatic heterocycles. The summed E-state index contributed by atoms with van der Waals surface area (Å²) in [6, 6.07) is 17.6. The average Bonchev–Trinajstić information content (AvgIpc) is 2.99. The molecule has 1 aliphatic heterocycles. The lowest BCUT2D eigenvalue weighted by Crippen LogP contribution is -2.61. The number of benzene rings is 2. The Kier molecular flexibility index (Phi) is 12.4. The summed E-state index contributed by atoms with van der Waals surface area (Å²) in [6.45, 7) is 2.44. The lowest BCUT2D eigenvalue weighted by atomic mass is 9.94. The molecule has 216 valence electrons. The Morgan fingerprint density at radius 3 is 2.23 bits per heavy atom. The van der Waals surface area contributed by atoms with Gasteiger partial charge in [-0.15, -0.1) is 0 Å². The summed E-state index contributed by atoms with van der Waals surface area (Å²) >= 11 is 0. The van der Waals surface area contributed by atoms with Crippen molar-refractivity contribution in [1.82, 2.24) is 15.5 Å². The summed E-state index contributed by atoms with van der Waals surface area (Å²) in [6.07, 6.45) is 2.84. The van der Waals surface area contributed by atoms with E-state index in [9.17, 15) is 19.2 Å². The molecule has 0 saturated carbocycles. The van der Waals surface area contributed by atoms with Crippen LogP contribution in [0, 0.1) is 5.92 Å². The predicted molar refractivity (Wildman–Crippen MR) is 147 cm³/mol. The van der Waals surface area contributed by atoms with Crippen LogP contribution < -0.4 is 5.48 Å². The summed E-state index contributed by atoms with van der Waals surface area (Å²) in [7, 11) is 1.24. The summed E-state index contributed by atoms with van der Waals surface area (Å²) < 4.78 is 10.5. The largest absolute Gasteiger partial charge is 0.467 e. The lowest BCUT2D eigenvalue weighted by Gasteiger charge is -2.43. The maximum absolute atomic E-state index is 14.0. The van der Waals surface area contributed by atoms with Crippen molar-refractivity contribution in [1.29, 1.82) is 0 Å². The fourth-order valence-electron chi connectivity index (χ4n) is 4.61. The van der Waals surface area contributed by atoms with Crippen molar-refractivity contribution in [3.05, 3.63) is 71.8 Å². The molecule has 10 nitrogen and oxygen atoms in total. The van der Waals surface area contributed by atoms with Crippen molar-refractivity contribution in [3.8, 4) is 0 Å². The van der Waals surface area contributed by atoms with Crippen molar-refractivity contribution >= 4 is 23.9 Å². The van der Waals surface area contributed by atoms with Crippen molar-refractivity contribution in [2.45, 2.75) is 71.1 Å². The number of carbonyl (C=O) groups excluding carboxylic acids is 4. The maximum atomic E-state index is 14.0. The first kappa shape index (κ1) is 30.6. The molecule has 2 aromatic carbocycles. The first-order valence-corrected chi connectivity index (χ1v) is 13.8. The van der Waals surface area contributed by atoms with Crippen molar-refractivity contribution in [2.75, 3.05) is 13.7 Å². The molecule has 2 atom stereocenters. The van der Waals surface area contributed by atoms with E-state index in [0.29, 0.717) is 25.7 Å². The number of hydroxylamine groups is 1. The van der Waals surface area contributed by atoms with E-state index in [2.05, 4.69) is 5.48 Å². The molecule has 2 aromatic rings. The third-order valence-corrected chi connectivity index (χ3v) is 6.72. The predicted octanol–water partition coefficient (Wildman–Crippen LogP) is 4.54. The van der Waals surface area contributed by atoms with Gasteiger partial charge in [-0.3, -0.25) is 14.4 Å². The first-order chi connectivity index (χ1) is 19.4. The minimum absolute atomic E-state index is 0.0161. The van der Waals surface area contributed by atoms with Crippen LogP contribution in [0.15, 0.2) is 60.7 Å². The molecular formula is C30H39N3O7. The summed E-state index contributed by atoms with van der Waals surface area (Å²) in [5, 5.41) is 2.32. The second-order valence-electron chi connectivity index (χ2n) is 9.72. The molecule has 10 heteroatoms. The highest BCUT2D eigenvalue weighted by atomic mass is 16.6. The van der Waals surface area contributed by atoms with Crippen LogP contribution in [0.3, 0.4) is 0 Å². The van der Waals surface area contributed by atoms with E-state index in [-0.39, 0.29) is 26.2 Å². The number of esters is 1. The van der Waals surface area contributed by atoms with Gasteiger partial charge < -0.3 is 9.47 Å². The molecule has 1 saturated heterocycles. The van der Waals surface area contributed by atoms with Crippen LogP contribution in [0.2, 0.25) is 0 Å². The van der Waals surface area contributed by atoms with Crippen LogP contribution in [0.25, 0.3) is 0 Å². The number of ether oxygens (including phenoxy) is 2. The fraction of sp³-hybridized carbons (Fsp3) is 0.467. The van der Waals surface area contributed by atoms with Gasteiger partial charge in [-0.25, -0.2) is 25.1 Å². The van der Waals surface area contributed by atoms with Crippen LogP contribution in [0.5, 0.6) is 0 Å². The van der Waals surface area contributed by atoms with Gasteiger partial charge in [0.25, 0.3) is 0 Å². The van der Waals surface area contributed by atoms with Gasteiger partial charge in [0.2, 0.25) is 11.8 Å². The number of hydrogen-bond donors (Lipinski definition) is 1. The summed E-state index contributed by atoms with van der Waals surface area (Å²) in [5.41, 5.74) is 4.10. The van der Waals surface area contributed by atoms with E-state index >= 15 is 0 Å². The highest BCUT2D eigenvalue weighted by Gasteiger charge is 2.43. The normalized spacial score (nSPS) is 15.7. The average molecular weight is 554 g/mol. The second-order valence-corrected chi connectivity index (χ2v) is 9.72. The van der Waals surface area contributed by atoms with Gasteiger partial charge in [-0.2, -0.15) is 0 Å². The molecule has 0 aliphatic carbocycles. The number of hydrazine groups is 1. The van der Waals surface area contributed by atoms with Crippen molar-refractivity contribution < 1.29 is 33.5 Å². The van der Waals surface area contributed by atoms with Gasteiger partial charge in [-0.05, 0) is 30.4 Å². The molecule has 0 unspecified atom stereocenters. The fourth-order valence-corrected chi connectivity index (χ4v) is 4.61. The summed E-state index contributed by atoms with van der Waals surface area (Å²) in [4.78, 5) is 58.1. The van der Waals surface area contributed by atoms with Gasteiger partial charge in [0.05, 0.1) is 13.7 Å². The Balaban J connectivity index is 1.74. The van der Waals surface area contributed by atoms with E-state index in [1.54, 1.807) is 0 Å². The molecule has 1 heterocycles. The number of amides is 3. The number of hydrogen-bond acceptors (Lipinski definition) is 7. The molecule has 3 rings (SSSR count). The quantitative estimate of drug-likeness (QED) is 0.220. The van der Waals surface area contributed by atoms with Crippen LogP contribution in [0.4, 0.5) is 4.79 Å². The molecule has 0 bridgehead atoms. The van der Waals surface area contributed by atoms with Crippen molar-refractivity contribution in [3.63, 3.8) is 0 Å². The minimum atomic E-state index is -0.999. The molecule has 1 N–H and O–H groups in total. The standard InChI is InChI=1S/C30H39N3O7/c1-3-4-7-17-25(20-27(34)31-40-22-24-15-10-6-11-16-24)28(35)33-26(29(36)38-2)18-12-19-32(33)30(37)39-21-23-13-8-5-9-14-23/h5-6,8-11,13-16,25-26H,3-4,7,12,17-22H2,1-2H3,(H,31,34)/t25-,26-/m0/s1. The number of nitrogens with one attached hydrogen (secondary N) is 1. The molecule has 3 amide bonds. The molecule has 1 fully saturated rings. The second kappa shape index (κ2) is 16.2. The Morgan fingerprint density at radius 2 is 1.60 bits per heavy atom. The Labute approximate surface area is 235 Å². The highest BCUT2D eigenvalue weighted by molar-refractivity contribution is 5.90. The topological polar surface area (TPSA) is 114 Å². The zero-order valence-electron chi connectivity index (χ0n) is 23.3. The van der Waals surface area contributed by atoms with Gasteiger partial charge in [-0.1, -0.05) is 86.8 Å². The van der Waals surface area contributed by atoms with Gasteiger partial charge in [0.15, 0.2) is 6.04 Å². The van der Waals surface area contributed by atoms with E-state index < -0.39 is 35.8 Å². The van der Waals surface area contributed by atoms with E-state index in [0.717, 1.165) is 29.0 Å². The van der Waals surface area contributed by atoms with Crippen LogP contribution >= 0.6 is 0 Å². The Bertz CT molecular complexity index is 1100. The summed E-state index contributed by atoms with van der Waals surface area (Å²) in [5.74, 6) is -2.37. The monoisotopic (exact) mass is 553 g/mol. The SMILES string of the molecule is CCCCC[C@@H](CC(=O)NOCc1ccccc1)C(=O)N1[C@H](C(=O)OC)CCCN1C(=O)OCc1ccccc1. The molecule has 0 radical (unpaired) electrons. The Hall–Kier alpha value is -3.92. The number of methoxy groups -OCH3 is 1. The van der Waals surface area contributed by atoms with Crippen LogP contribution in [0.1, 0.15) is 63.0 Å².